The number of nitrogens with zero attached hydrogens (tertiary/aromatic N) is 2. The maximum absolute atomic E-state index is 12.3. The topological polar surface area (TPSA) is 15.7 Å². The zero-order chi connectivity index (χ0) is 14.5. The van der Waals surface area contributed by atoms with Crippen molar-refractivity contribution in [2.45, 2.75) is 20.0 Å². The van der Waals surface area contributed by atoms with Crippen molar-refractivity contribution in [3.05, 3.63) is 23.2 Å². The van der Waals surface area contributed by atoms with E-state index >= 15 is 0 Å². The number of benzene rings is 1. The van der Waals surface area contributed by atoms with E-state index in [4.69, 9.17) is 11.6 Å². The molecule has 20 heavy (non-hydrogen) atoms. The SMILES string of the molecule is CCCN1CCN(c2cccc(OC(F)F)c2Cl)CC1. The Hall–Kier alpha value is -1.07. The molecule has 0 unspecified atom stereocenters. The molecular weight excluding hydrogens is 286 g/mol. The maximum atomic E-state index is 12.3. The average molecular weight is 305 g/mol. The first-order chi connectivity index (χ1) is 9.61. The van der Waals surface area contributed by atoms with Gasteiger partial charge in [0.1, 0.15) is 10.8 Å². The molecule has 0 bridgehead atoms. The molecule has 0 spiro atoms. The van der Waals surface area contributed by atoms with Crippen LogP contribution in [-0.4, -0.2) is 44.2 Å². The fraction of sp³-hybridized carbons (Fsp3) is 0.571. The minimum Gasteiger partial charge on any atom is -0.433 e. The quantitative estimate of drug-likeness (QED) is 0.828. The zero-order valence-electron chi connectivity index (χ0n) is 11.5. The average Bonchev–Trinajstić information content (AvgIpc) is 2.42. The second kappa shape index (κ2) is 7.09. The van der Waals surface area contributed by atoms with E-state index in [2.05, 4.69) is 21.5 Å². The van der Waals surface area contributed by atoms with Gasteiger partial charge in [-0.25, -0.2) is 0 Å². The summed E-state index contributed by atoms with van der Waals surface area (Å²) in [7, 11) is 0. The van der Waals surface area contributed by atoms with Gasteiger partial charge in [-0.1, -0.05) is 24.6 Å². The van der Waals surface area contributed by atoms with Crippen molar-refractivity contribution in [2.75, 3.05) is 37.6 Å². The van der Waals surface area contributed by atoms with Crippen LogP contribution in [0.15, 0.2) is 18.2 Å². The second-order valence-corrected chi connectivity index (χ2v) is 5.17. The molecule has 1 aromatic rings. The molecule has 0 radical (unpaired) electrons. The van der Waals surface area contributed by atoms with Gasteiger partial charge in [0, 0.05) is 26.2 Å². The Bertz CT molecular complexity index is 437. The highest BCUT2D eigenvalue weighted by atomic mass is 35.5. The van der Waals surface area contributed by atoms with E-state index in [0.717, 1.165) is 44.8 Å². The van der Waals surface area contributed by atoms with Crippen LogP contribution in [0.1, 0.15) is 13.3 Å². The smallest absolute Gasteiger partial charge is 0.387 e. The molecule has 1 fully saturated rings. The van der Waals surface area contributed by atoms with Gasteiger partial charge in [0.15, 0.2) is 0 Å². The molecule has 0 amide bonds. The Balaban J connectivity index is 2.06. The van der Waals surface area contributed by atoms with E-state index in [1.165, 1.54) is 6.07 Å². The molecule has 1 aliphatic rings. The number of halogens is 3. The Morgan fingerprint density at radius 2 is 1.95 bits per heavy atom. The molecule has 6 heteroatoms. The van der Waals surface area contributed by atoms with Crippen molar-refractivity contribution in [2.24, 2.45) is 0 Å². The molecule has 1 aromatic carbocycles. The maximum Gasteiger partial charge on any atom is 0.387 e. The predicted molar refractivity (Wildman–Crippen MR) is 77.0 cm³/mol. The lowest BCUT2D eigenvalue weighted by molar-refractivity contribution is -0.0497. The number of rotatable bonds is 5. The summed E-state index contributed by atoms with van der Waals surface area (Å²) in [5.41, 5.74) is 0.765. The predicted octanol–water partition coefficient (Wildman–Crippen LogP) is 3.47. The minimum absolute atomic E-state index is 0.0372. The Kier molecular flexibility index (Phi) is 5.43. The number of ether oxygens (including phenoxy) is 1. The highest BCUT2D eigenvalue weighted by Gasteiger charge is 2.20. The summed E-state index contributed by atoms with van der Waals surface area (Å²) in [6, 6.07) is 5.00. The highest BCUT2D eigenvalue weighted by molar-refractivity contribution is 6.34. The number of anilines is 1. The standard InChI is InChI=1S/C14H19ClF2N2O/c1-2-6-18-7-9-19(10-8-18)11-4-3-5-12(13(11)15)20-14(16)17/h3-5,14H,2,6-10H2,1H3. The highest BCUT2D eigenvalue weighted by Crippen LogP contribution is 2.35. The number of hydrogen-bond donors (Lipinski definition) is 0. The monoisotopic (exact) mass is 304 g/mol. The number of piperazine rings is 1. The third-order valence-corrected chi connectivity index (χ3v) is 3.79. The molecule has 1 aliphatic heterocycles. The van der Waals surface area contributed by atoms with Crippen LogP contribution in [0, 0.1) is 0 Å². The van der Waals surface area contributed by atoms with E-state index in [9.17, 15) is 8.78 Å². The van der Waals surface area contributed by atoms with Crippen molar-refractivity contribution in [1.29, 1.82) is 0 Å². The molecule has 0 atom stereocenters. The summed E-state index contributed by atoms with van der Waals surface area (Å²) < 4.78 is 29.1. The van der Waals surface area contributed by atoms with E-state index in [-0.39, 0.29) is 10.8 Å². The second-order valence-electron chi connectivity index (χ2n) is 4.80. The fourth-order valence-corrected chi connectivity index (χ4v) is 2.75. The van der Waals surface area contributed by atoms with E-state index in [1.807, 2.05) is 6.07 Å². The summed E-state index contributed by atoms with van der Waals surface area (Å²) >= 11 is 6.17. The first-order valence-electron chi connectivity index (χ1n) is 6.82. The van der Waals surface area contributed by atoms with Crippen molar-refractivity contribution >= 4 is 17.3 Å². The van der Waals surface area contributed by atoms with Gasteiger partial charge >= 0.3 is 6.61 Å². The molecule has 1 heterocycles. The van der Waals surface area contributed by atoms with Crippen molar-refractivity contribution < 1.29 is 13.5 Å². The van der Waals surface area contributed by atoms with Crippen molar-refractivity contribution in [3.63, 3.8) is 0 Å². The summed E-state index contributed by atoms with van der Waals surface area (Å²) in [5.74, 6) is 0.0372. The van der Waals surface area contributed by atoms with Gasteiger partial charge in [-0.05, 0) is 25.1 Å². The number of alkyl halides is 2. The van der Waals surface area contributed by atoms with Crippen LogP contribution in [0.3, 0.4) is 0 Å². The fourth-order valence-electron chi connectivity index (χ4n) is 2.46. The van der Waals surface area contributed by atoms with Gasteiger partial charge < -0.3 is 9.64 Å². The van der Waals surface area contributed by atoms with Gasteiger partial charge in [0.25, 0.3) is 0 Å². The normalized spacial score (nSPS) is 16.8. The molecule has 2 rings (SSSR count). The summed E-state index contributed by atoms with van der Waals surface area (Å²) in [6.45, 7) is 4.01. The van der Waals surface area contributed by atoms with Crippen LogP contribution in [0.5, 0.6) is 5.75 Å². The minimum atomic E-state index is -2.86. The van der Waals surface area contributed by atoms with Crippen LogP contribution in [-0.2, 0) is 0 Å². The van der Waals surface area contributed by atoms with Gasteiger partial charge in [-0.15, -0.1) is 0 Å². The summed E-state index contributed by atoms with van der Waals surface area (Å²) in [6.07, 6.45) is 1.14. The third-order valence-electron chi connectivity index (χ3n) is 3.41. The largest absolute Gasteiger partial charge is 0.433 e. The van der Waals surface area contributed by atoms with Crippen LogP contribution in [0.25, 0.3) is 0 Å². The molecule has 112 valence electrons. The van der Waals surface area contributed by atoms with Gasteiger partial charge in [-0.2, -0.15) is 8.78 Å². The summed E-state index contributed by atoms with van der Waals surface area (Å²) in [5, 5.41) is 0.261. The molecule has 0 aromatic heterocycles. The van der Waals surface area contributed by atoms with Crippen LogP contribution >= 0.6 is 11.6 Å². The van der Waals surface area contributed by atoms with Gasteiger partial charge in [0.05, 0.1) is 5.69 Å². The van der Waals surface area contributed by atoms with E-state index in [0.29, 0.717) is 0 Å². The van der Waals surface area contributed by atoms with Crippen molar-refractivity contribution in [3.8, 4) is 5.75 Å². The van der Waals surface area contributed by atoms with E-state index < -0.39 is 6.61 Å². The zero-order valence-corrected chi connectivity index (χ0v) is 12.2. The molecule has 0 aliphatic carbocycles. The van der Waals surface area contributed by atoms with Gasteiger partial charge in [0.2, 0.25) is 0 Å². The molecule has 0 saturated carbocycles. The van der Waals surface area contributed by atoms with Crippen LogP contribution in [0.4, 0.5) is 14.5 Å². The molecular formula is C14H19ClF2N2O. The molecule has 1 saturated heterocycles. The van der Waals surface area contributed by atoms with Crippen LogP contribution in [0.2, 0.25) is 5.02 Å². The Morgan fingerprint density at radius 1 is 1.25 bits per heavy atom. The first-order valence-corrected chi connectivity index (χ1v) is 7.20. The molecule has 0 N–H and O–H groups in total. The Labute approximate surface area is 123 Å². The summed E-state index contributed by atoms with van der Waals surface area (Å²) in [4.78, 5) is 4.51. The first kappa shape index (κ1) is 15.3. The van der Waals surface area contributed by atoms with E-state index in [1.54, 1.807) is 6.07 Å². The van der Waals surface area contributed by atoms with Crippen molar-refractivity contribution in [1.82, 2.24) is 4.90 Å². The van der Waals surface area contributed by atoms with Crippen LogP contribution < -0.4 is 9.64 Å². The number of hydrogen-bond acceptors (Lipinski definition) is 3. The van der Waals surface area contributed by atoms with Gasteiger partial charge in [-0.3, -0.25) is 4.90 Å². The lowest BCUT2D eigenvalue weighted by Crippen LogP contribution is -2.46. The Morgan fingerprint density at radius 3 is 2.55 bits per heavy atom. The third kappa shape index (κ3) is 3.73. The lowest BCUT2D eigenvalue weighted by atomic mass is 10.2. The lowest BCUT2D eigenvalue weighted by Gasteiger charge is -2.36. The molecule has 3 nitrogen and oxygen atoms in total.